The first-order valence-corrected chi connectivity index (χ1v) is 31.6. The van der Waals surface area contributed by atoms with Crippen molar-refractivity contribution in [1.29, 1.82) is 0 Å². The maximum Gasteiger partial charge on any atom is 3.00 e. The van der Waals surface area contributed by atoms with E-state index < -0.39 is 41.3 Å². The molecule has 0 bridgehead atoms. The molecule has 9 N–H and O–H groups in total. The van der Waals surface area contributed by atoms with E-state index in [1.54, 1.807) is 72.8 Å². The Bertz CT molecular complexity index is 3300. The van der Waals surface area contributed by atoms with Crippen LogP contribution in [0.15, 0.2) is 83.8 Å². The van der Waals surface area contributed by atoms with Crippen LogP contribution >= 0.6 is 0 Å². The van der Waals surface area contributed by atoms with E-state index in [1.165, 1.54) is 6.20 Å². The van der Waals surface area contributed by atoms with E-state index in [0.29, 0.717) is 93.0 Å². The largest absolute Gasteiger partial charge is 3.00 e. The van der Waals surface area contributed by atoms with Crippen LogP contribution in [0.3, 0.4) is 0 Å². The number of anilines is 6. The second-order valence-electron chi connectivity index (χ2n) is 22.9. The number of carboxylic acid groups (broad SMARTS) is 2. The molecule has 2 saturated heterocycles. The summed E-state index contributed by atoms with van der Waals surface area (Å²) in [7, 11) is 0. The Morgan fingerprint density at radius 2 is 0.862 bits per heavy atom. The quantitative estimate of drug-likeness (QED) is 0.0346. The van der Waals surface area contributed by atoms with Crippen molar-refractivity contribution in [3.8, 4) is 0 Å². The number of likely N-dealkylation sites (N-methyl/N-ethyl adjacent to an activating group) is 4. The van der Waals surface area contributed by atoms with Crippen molar-refractivity contribution in [2.45, 2.75) is 53.1 Å². The maximum absolute atomic E-state index is 14.2. The van der Waals surface area contributed by atoms with Crippen molar-refractivity contribution in [3.63, 3.8) is 0 Å². The molecule has 5 amide bonds. The molecule has 0 saturated carbocycles. The van der Waals surface area contributed by atoms with Crippen LogP contribution in [-0.2, 0) is 35.3 Å². The summed E-state index contributed by atoms with van der Waals surface area (Å²) >= 11 is 0. The fourth-order valence-electron chi connectivity index (χ4n) is 10.7. The number of nitrogens with zero attached hydrogens (tertiary/aromatic N) is 11. The maximum atomic E-state index is 14.2. The molecule has 2 fully saturated rings. The summed E-state index contributed by atoms with van der Waals surface area (Å²) in [5, 5.41) is 40.8. The van der Waals surface area contributed by atoms with E-state index in [4.69, 9.17) is 5.73 Å². The van der Waals surface area contributed by atoms with Gasteiger partial charge in [0.1, 0.15) is 6.04 Å². The van der Waals surface area contributed by atoms with Crippen LogP contribution in [0.5, 0.6) is 0 Å². The number of carbonyl (C=O) groups is 7. The number of aliphatic carboxylic acids is 2. The van der Waals surface area contributed by atoms with E-state index in [-0.39, 0.29) is 160 Å². The molecule has 5 aromatic rings. The molecular formula is C63H89Gd2N19O10+4. The van der Waals surface area contributed by atoms with Gasteiger partial charge in [-0.25, -0.2) is 9.97 Å². The number of hydrogen-bond acceptors (Lipinski definition) is 23. The summed E-state index contributed by atoms with van der Waals surface area (Å²) < 4.78 is 0. The summed E-state index contributed by atoms with van der Waals surface area (Å²) in [6.45, 7) is 22.2. The van der Waals surface area contributed by atoms with Gasteiger partial charge in [0.05, 0.1) is 43.5 Å². The molecule has 2 aromatic heterocycles. The number of H-pyrrole nitrogens is 1. The molecule has 29 nitrogen and oxygen atoms in total. The van der Waals surface area contributed by atoms with Crippen molar-refractivity contribution in [1.82, 2.24) is 64.5 Å². The minimum Gasteiger partial charge on any atom is -0.549 e. The molecule has 3 aromatic carbocycles. The van der Waals surface area contributed by atoms with E-state index >= 15 is 0 Å². The van der Waals surface area contributed by atoms with Crippen LogP contribution in [0.25, 0.3) is 11.2 Å². The van der Waals surface area contributed by atoms with E-state index in [9.17, 15) is 48.6 Å². The van der Waals surface area contributed by atoms with Gasteiger partial charge in [-0.2, -0.15) is 4.98 Å². The predicted molar refractivity (Wildman–Crippen MR) is 348 cm³/mol. The number of fused-ring (bicyclic) bond motifs is 1. The molecular weight excluding hydrogens is 1490 g/mol. The van der Waals surface area contributed by atoms with Crippen molar-refractivity contribution in [2.75, 3.05) is 189 Å². The first-order valence-electron chi connectivity index (χ1n) is 31.6. The van der Waals surface area contributed by atoms with Crippen LogP contribution in [-0.4, -0.2) is 264 Å². The number of nitrogens with one attached hydrogen (secondary N) is 7. The second kappa shape index (κ2) is 41.3. The van der Waals surface area contributed by atoms with Gasteiger partial charge in [-0.1, -0.05) is 27.7 Å². The molecule has 1 atom stereocenters. The van der Waals surface area contributed by atoms with Gasteiger partial charge in [0, 0.05) is 158 Å². The number of carbonyl (C=O) groups excluding carboxylic acids is 7. The Hall–Kier alpha value is -5.90. The zero-order valence-corrected chi connectivity index (χ0v) is 58.5. The Kier molecular flexibility index (Phi) is 34.6. The number of nitrogens with two attached hydrogens (primary N) is 1. The number of aromatic amines is 1. The van der Waals surface area contributed by atoms with Crippen molar-refractivity contribution < 1.29 is 124 Å². The topological polar surface area (TPSA) is 361 Å². The molecule has 4 heterocycles. The van der Waals surface area contributed by atoms with Crippen molar-refractivity contribution in [3.05, 3.63) is 101 Å². The molecule has 508 valence electrons. The van der Waals surface area contributed by atoms with E-state index in [0.717, 1.165) is 72.0 Å². The molecule has 0 spiro atoms. The van der Waals surface area contributed by atoms with E-state index in [1.807, 2.05) is 19.6 Å². The summed E-state index contributed by atoms with van der Waals surface area (Å²) in [5.74, 6) is -4.58. The number of benzene rings is 3. The van der Waals surface area contributed by atoms with Crippen molar-refractivity contribution in [2.24, 2.45) is 0 Å². The van der Waals surface area contributed by atoms with Gasteiger partial charge in [-0.15, -0.1) is 0 Å². The van der Waals surface area contributed by atoms with Crippen LogP contribution in [0, 0.1) is 79.9 Å². The molecule has 2 radical (unpaired) electrons. The third-order valence-electron chi connectivity index (χ3n) is 16.4. The third-order valence-corrected chi connectivity index (χ3v) is 16.4. The van der Waals surface area contributed by atoms with Crippen LogP contribution in [0.1, 0.15) is 56.6 Å². The Balaban J connectivity index is 0.00000800. The van der Waals surface area contributed by atoms with Crippen LogP contribution < -0.4 is 53.4 Å². The van der Waals surface area contributed by atoms with Gasteiger partial charge in [0.15, 0.2) is 11.2 Å². The summed E-state index contributed by atoms with van der Waals surface area (Å²) in [4.78, 5) is 136. The Morgan fingerprint density at radius 1 is 0.500 bits per heavy atom. The van der Waals surface area contributed by atoms with Gasteiger partial charge in [-0.05, 0) is 105 Å². The van der Waals surface area contributed by atoms with Gasteiger partial charge in [0.25, 0.3) is 11.5 Å². The fourth-order valence-corrected chi connectivity index (χ4v) is 10.7. The average Bonchev–Trinajstić information content (AvgIpc) is 0.839. The minimum atomic E-state index is -1.22. The first kappa shape index (κ1) is 78.8. The summed E-state index contributed by atoms with van der Waals surface area (Å²) in [6, 6.07) is 18.3. The monoisotopic (exact) mass is 1580 g/mol. The fraction of sp³-hybridized carbons (Fsp3) is 0.508. The molecule has 7 rings (SSSR count). The average molecular weight is 1580 g/mol. The third kappa shape index (κ3) is 27.3. The SMILES string of the molecule is CCN1CCN(CC)CCN(CC(=O)Nc2ccc(NC(=O)CCC(NC(=O)c3ccc(NCc4cnc5nc(N)[nH]c(=O)c5n4)cc3)C(=O)Nc3ccc(NC(=O)CN4CCN(CC)CCN(CC)CCN(CC(=O)[O-])CC4)cc3)cc2)CCN(CC(=O)[O-])CC1.[153Gd+3].[153Gd+3]. The molecule has 94 heavy (non-hydrogen) atoms. The predicted octanol–water partition coefficient (Wildman–Crippen LogP) is -1.04. The number of aromatic nitrogens is 4. The molecule has 0 aliphatic carbocycles. The first-order chi connectivity index (χ1) is 44.3. The molecule has 31 heteroatoms. The summed E-state index contributed by atoms with van der Waals surface area (Å²) in [6.07, 6.45) is 1.15. The standard InChI is InChI=1S/C63H91N19O10.2Gd/c1-5-75-23-25-77(7-3)29-33-81(43-56(86)87)37-35-79(31-27-75)41-54(84)68-48-15-13-47(14-16-48)67-53(83)22-21-52(72-60(90)45-9-11-46(12-10-45)65-39-51-40-66-59-58(70-51)62(92)74-63(64)73-59)61(91)71-50-19-17-49(18-20-50)69-55(85)42-80-32-28-76(6-2)24-26-78(8-4)30-34-82(38-36-80)44-57(88)89;;/h9-20,40,52,65H,5-8,21-39,41-44H2,1-4H3,(H,67,83)(H,68,84)(H,69,85)(H,71,91)(H,72,90)(H,86,87)(H,88,89)(H3,64,66,73,74,92);;/q;2*+3/p-2/i;2*1-4. The number of nitrogen functional groups attached to an aromatic ring is 1. The Labute approximate surface area is 612 Å². The smallest absolute Gasteiger partial charge is 0.549 e. The molecule has 2 aliphatic heterocycles. The normalized spacial score (nSPS) is 16.4. The van der Waals surface area contributed by atoms with Gasteiger partial charge >= 0.3 is 79.9 Å². The van der Waals surface area contributed by atoms with Gasteiger partial charge in [0.2, 0.25) is 29.6 Å². The van der Waals surface area contributed by atoms with Crippen LogP contribution in [0.2, 0.25) is 0 Å². The zero-order chi connectivity index (χ0) is 65.9. The van der Waals surface area contributed by atoms with Crippen LogP contribution in [0.4, 0.5) is 34.4 Å². The number of amides is 5. The molecule has 1 unspecified atom stereocenters. The molecule has 2 aliphatic rings. The van der Waals surface area contributed by atoms with E-state index in [2.05, 4.69) is 99.1 Å². The van der Waals surface area contributed by atoms with Gasteiger partial charge in [-0.3, -0.25) is 53.4 Å². The second-order valence-corrected chi connectivity index (χ2v) is 22.9. The number of hydrogen-bond donors (Lipinski definition) is 8. The number of rotatable bonds is 25. The summed E-state index contributed by atoms with van der Waals surface area (Å²) in [5.41, 5.74) is 8.23. The van der Waals surface area contributed by atoms with Gasteiger partial charge < -0.3 is 77.0 Å². The zero-order valence-electron chi connectivity index (χ0n) is 54.0. The van der Waals surface area contributed by atoms with Crippen molar-refractivity contribution >= 4 is 87.0 Å². The Morgan fingerprint density at radius 3 is 1.26 bits per heavy atom. The number of carboxylic acids is 2. The minimum absolute atomic E-state index is 0.